The van der Waals surface area contributed by atoms with Crippen LogP contribution in [-0.4, -0.2) is 21.3 Å². The molecule has 0 atom stereocenters. The molecule has 0 N–H and O–H groups in total. The lowest BCUT2D eigenvalue weighted by Gasteiger charge is -2.06. The summed E-state index contributed by atoms with van der Waals surface area (Å²) in [5.41, 5.74) is 1.27. The number of aromatic nitrogens is 3. The summed E-state index contributed by atoms with van der Waals surface area (Å²) in [5.74, 6) is -0.124. The van der Waals surface area contributed by atoms with Crippen LogP contribution in [-0.2, 0) is 0 Å². The van der Waals surface area contributed by atoms with Crippen LogP contribution < -0.4 is 4.74 Å². The van der Waals surface area contributed by atoms with Gasteiger partial charge in [0.25, 0.3) is 0 Å². The van der Waals surface area contributed by atoms with Gasteiger partial charge in [0.05, 0.1) is 7.11 Å². The van der Waals surface area contributed by atoms with Crippen LogP contribution in [0.5, 0.6) is 5.75 Å². The van der Waals surface area contributed by atoms with Crippen LogP contribution in [0.2, 0.25) is 5.15 Å². The van der Waals surface area contributed by atoms with Crippen molar-refractivity contribution in [3.63, 3.8) is 0 Å². The van der Waals surface area contributed by atoms with E-state index in [-0.39, 0.29) is 23.1 Å². The Labute approximate surface area is 128 Å². The molecule has 8 heteroatoms. The number of ether oxygens (including phenoxy) is 1. The third-order valence-electron chi connectivity index (χ3n) is 2.95. The van der Waals surface area contributed by atoms with Gasteiger partial charge in [0.1, 0.15) is 22.4 Å². The second kappa shape index (κ2) is 5.50. The first-order valence-electron chi connectivity index (χ1n) is 5.82. The van der Waals surface area contributed by atoms with Crippen LogP contribution in [0.15, 0.2) is 30.3 Å². The zero-order valence-corrected chi connectivity index (χ0v) is 12.3. The van der Waals surface area contributed by atoms with Crippen molar-refractivity contribution in [3.05, 3.63) is 41.3 Å². The quantitative estimate of drug-likeness (QED) is 0.673. The molecule has 4 nitrogen and oxygen atoms in total. The molecule has 0 spiro atoms. The molecule has 1 aromatic carbocycles. The Kier molecular flexibility index (Phi) is 3.69. The largest absolute Gasteiger partial charge is 0.496 e. The molecule has 0 radical (unpaired) electrons. The summed E-state index contributed by atoms with van der Waals surface area (Å²) in [6, 6.07) is 7.32. The van der Waals surface area contributed by atoms with Crippen molar-refractivity contribution in [1.82, 2.24) is 14.2 Å². The van der Waals surface area contributed by atoms with Crippen molar-refractivity contribution in [2.24, 2.45) is 0 Å². The van der Waals surface area contributed by atoms with Crippen LogP contribution in [0.3, 0.4) is 0 Å². The molecule has 108 valence electrons. The molecule has 0 amide bonds. The van der Waals surface area contributed by atoms with E-state index in [4.69, 9.17) is 16.3 Å². The summed E-state index contributed by atoms with van der Waals surface area (Å²) in [6.45, 7) is 0. The average Bonchev–Trinajstić information content (AvgIpc) is 2.84. The van der Waals surface area contributed by atoms with E-state index in [1.807, 2.05) is 0 Å². The predicted molar refractivity (Wildman–Crippen MR) is 78.6 cm³/mol. The Morgan fingerprint density at radius 3 is 2.81 bits per heavy atom. The summed E-state index contributed by atoms with van der Waals surface area (Å²) < 4.78 is 32.5. The van der Waals surface area contributed by atoms with Gasteiger partial charge in [-0.2, -0.15) is 9.19 Å². The first-order valence-corrected chi connectivity index (χ1v) is 6.87. The standard InChI is InChI=1S/C13H8ClF2N3OS/c1-20-10-6-7(15)2-3-8(10)12-9-4-5-11(14)17-13(9)19(18-12)21-16/h2-6H,1H3. The number of benzene rings is 1. The molecule has 2 aromatic heterocycles. The first-order chi connectivity index (χ1) is 10.1. The summed E-state index contributed by atoms with van der Waals surface area (Å²) in [6.07, 6.45) is 0. The van der Waals surface area contributed by atoms with E-state index < -0.39 is 5.82 Å². The van der Waals surface area contributed by atoms with E-state index in [9.17, 15) is 8.28 Å². The SMILES string of the molecule is COc1cc(F)ccc1-c1nn(SF)c2nc(Cl)ccc12. The molecule has 0 aliphatic rings. The number of nitrogens with zero attached hydrogens (tertiary/aromatic N) is 3. The number of hydrogen-bond donors (Lipinski definition) is 0. The maximum Gasteiger partial charge on any atom is 0.189 e. The molecule has 0 bridgehead atoms. The molecule has 3 rings (SSSR count). The van der Waals surface area contributed by atoms with E-state index in [1.165, 1.54) is 25.3 Å². The van der Waals surface area contributed by atoms with Crippen LogP contribution in [0, 0.1) is 5.82 Å². The molecule has 3 aromatic rings. The number of fused-ring (bicyclic) bond motifs is 1. The van der Waals surface area contributed by atoms with Crippen LogP contribution in [0.4, 0.5) is 8.28 Å². The number of halogens is 3. The van der Waals surface area contributed by atoms with Crippen molar-refractivity contribution in [2.45, 2.75) is 0 Å². The Morgan fingerprint density at radius 1 is 1.29 bits per heavy atom. The number of hydrogen-bond acceptors (Lipinski definition) is 4. The van der Waals surface area contributed by atoms with Crippen molar-refractivity contribution in [2.75, 3.05) is 7.11 Å². The van der Waals surface area contributed by atoms with Gasteiger partial charge < -0.3 is 4.74 Å². The zero-order chi connectivity index (χ0) is 15.0. The Bertz CT molecular complexity index is 825. The van der Waals surface area contributed by atoms with Gasteiger partial charge in [0.2, 0.25) is 0 Å². The first kappa shape index (κ1) is 14.1. The van der Waals surface area contributed by atoms with E-state index in [1.54, 1.807) is 12.1 Å². The number of methoxy groups -OCH3 is 1. The molecular weight excluding hydrogens is 320 g/mol. The molecule has 0 saturated heterocycles. The van der Waals surface area contributed by atoms with Gasteiger partial charge >= 0.3 is 0 Å². The van der Waals surface area contributed by atoms with Gasteiger partial charge in [0, 0.05) is 17.0 Å². The Hall–Kier alpha value is -1.86. The van der Waals surface area contributed by atoms with Crippen LogP contribution in [0.1, 0.15) is 0 Å². The molecule has 2 heterocycles. The topological polar surface area (TPSA) is 39.9 Å². The normalized spacial score (nSPS) is 11.0. The highest BCUT2D eigenvalue weighted by Crippen LogP contribution is 2.35. The van der Waals surface area contributed by atoms with Gasteiger partial charge in [-0.15, -0.1) is 3.89 Å². The second-order valence-electron chi connectivity index (χ2n) is 4.14. The third-order valence-corrected chi connectivity index (χ3v) is 3.55. The number of pyridine rings is 1. The van der Waals surface area contributed by atoms with Crippen LogP contribution in [0.25, 0.3) is 22.3 Å². The van der Waals surface area contributed by atoms with Crippen molar-refractivity contribution in [1.29, 1.82) is 0 Å². The van der Waals surface area contributed by atoms with E-state index in [0.717, 1.165) is 4.09 Å². The van der Waals surface area contributed by atoms with E-state index in [2.05, 4.69) is 10.1 Å². The third kappa shape index (κ3) is 2.43. The fraction of sp³-hybridized carbons (Fsp3) is 0.0769. The Morgan fingerprint density at radius 2 is 2.10 bits per heavy atom. The Balaban J connectivity index is 2.30. The van der Waals surface area contributed by atoms with Gasteiger partial charge in [0.15, 0.2) is 18.0 Å². The van der Waals surface area contributed by atoms with Gasteiger partial charge in [-0.05, 0) is 24.3 Å². The summed E-state index contributed by atoms with van der Waals surface area (Å²) in [7, 11) is 1.43. The zero-order valence-electron chi connectivity index (χ0n) is 10.7. The van der Waals surface area contributed by atoms with Gasteiger partial charge in [-0.1, -0.05) is 11.6 Å². The van der Waals surface area contributed by atoms with Crippen molar-refractivity contribution in [3.8, 4) is 17.0 Å². The predicted octanol–water partition coefficient (Wildman–Crippen LogP) is 4.28. The van der Waals surface area contributed by atoms with Gasteiger partial charge in [-0.25, -0.2) is 9.37 Å². The molecular formula is C13H8ClF2N3OS. The lowest BCUT2D eigenvalue weighted by molar-refractivity contribution is 0.413. The smallest absolute Gasteiger partial charge is 0.189 e. The maximum atomic E-state index is 13.3. The minimum atomic E-state index is -0.430. The van der Waals surface area contributed by atoms with Crippen LogP contribution >= 0.6 is 23.9 Å². The fourth-order valence-corrected chi connectivity index (χ4v) is 2.52. The lowest BCUT2D eigenvalue weighted by Crippen LogP contribution is -1.91. The highest BCUT2D eigenvalue weighted by molar-refractivity contribution is 7.92. The molecule has 0 fully saturated rings. The van der Waals surface area contributed by atoms with Crippen molar-refractivity contribution >= 4 is 35.0 Å². The average molecular weight is 328 g/mol. The summed E-state index contributed by atoms with van der Waals surface area (Å²) >= 11 is 5.73. The molecule has 0 aliphatic carbocycles. The van der Waals surface area contributed by atoms with E-state index in [0.29, 0.717) is 22.4 Å². The molecule has 0 saturated carbocycles. The summed E-state index contributed by atoms with van der Waals surface area (Å²) in [4.78, 5) is 4.06. The number of rotatable bonds is 3. The fourth-order valence-electron chi connectivity index (χ4n) is 2.06. The molecule has 0 aliphatic heterocycles. The highest BCUT2D eigenvalue weighted by Gasteiger charge is 2.18. The second-order valence-corrected chi connectivity index (χ2v) is 5.01. The monoisotopic (exact) mass is 327 g/mol. The van der Waals surface area contributed by atoms with Gasteiger partial charge in [-0.3, -0.25) is 0 Å². The van der Waals surface area contributed by atoms with Crippen molar-refractivity contribution < 1.29 is 13.0 Å². The maximum absolute atomic E-state index is 13.3. The lowest BCUT2D eigenvalue weighted by atomic mass is 10.1. The van der Waals surface area contributed by atoms with E-state index >= 15 is 0 Å². The minimum Gasteiger partial charge on any atom is -0.496 e. The minimum absolute atomic E-state index is 0.0914. The molecule has 0 unspecified atom stereocenters. The highest BCUT2D eigenvalue weighted by atomic mass is 35.5. The summed E-state index contributed by atoms with van der Waals surface area (Å²) in [5, 5.41) is 4.96. The molecule has 21 heavy (non-hydrogen) atoms.